The van der Waals surface area contributed by atoms with Crippen molar-refractivity contribution in [1.82, 2.24) is 15.0 Å². The highest BCUT2D eigenvalue weighted by atomic mass is 32.1. The maximum absolute atomic E-state index is 5.41. The van der Waals surface area contributed by atoms with Crippen LogP contribution in [-0.2, 0) is 4.74 Å². The summed E-state index contributed by atoms with van der Waals surface area (Å²) >= 11 is 1.63. The second kappa shape index (κ2) is 9.43. The quantitative estimate of drug-likeness (QED) is 0.679. The summed E-state index contributed by atoms with van der Waals surface area (Å²) in [5, 5.41) is 9.59. The van der Waals surface area contributed by atoms with E-state index >= 15 is 0 Å². The molecule has 0 saturated heterocycles. The third-order valence-corrected chi connectivity index (χ3v) is 5.31. The van der Waals surface area contributed by atoms with E-state index in [1.807, 2.05) is 30.6 Å². The van der Waals surface area contributed by atoms with Crippen LogP contribution in [0.2, 0.25) is 0 Å². The van der Waals surface area contributed by atoms with Crippen LogP contribution in [0.3, 0.4) is 0 Å². The molecule has 2 N–H and O–H groups in total. The molecule has 4 rings (SSSR count). The fourth-order valence-corrected chi connectivity index (χ4v) is 3.83. The first kappa shape index (κ1) is 19.3. The van der Waals surface area contributed by atoms with Crippen LogP contribution >= 0.6 is 11.3 Å². The molecule has 0 aliphatic heterocycles. The Morgan fingerprint density at radius 2 is 2.15 bits per heavy atom. The maximum atomic E-state index is 5.41. The number of fused-ring (bicyclic) bond motifs is 1. The van der Waals surface area contributed by atoms with E-state index in [1.54, 1.807) is 30.7 Å². The van der Waals surface area contributed by atoms with Gasteiger partial charge in [0, 0.05) is 26.4 Å². The summed E-state index contributed by atoms with van der Waals surface area (Å²) in [6.45, 7) is 3.75. The lowest BCUT2D eigenvalue weighted by atomic mass is 10.2. The number of anilines is 2. The van der Waals surface area contributed by atoms with Crippen molar-refractivity contribution < 1.29 is 4.74 Å². The lowest BCUT2D eigenvalue weighted by Gasteiger charge is -2.14. The van der Waals surface area contributed by atoms with Gasteiger partial charge in [0.15, 0.2) is 5.82 Å². The standard InChI is InChI=1S/C14H17N3OS.C6H8N2/c1-3-12-16-13(11-6-7-19-14(11)17-12)15-9-4-5-10(8-9)18-2;1-7-6-4-2-3-5-8-6/h3,6-7,9-10H,1,4-5,8H2,2H3,(H,15,16,17);2-5H,1H3,(H,7,8). The lowest BCUT2D eigenvalue weighted by Crippen LogP contribution is -2.18. The molecule has 7 heteroatoms. The van der Waals surface area contributed by atoms with E-state index in [-0.39, 0.29) is 0 Å². The fraction of sp³-hybridized carbons (Fsp3) is 0.350. The molecular weight excluding hydrogens is 358 g/mol. The van der Waals surface area contributed by atoms with Crippen molar-refractivity contribution in [3.8, 4) is 0 Å². The predicted octanol–water partition coefficient (Wildman–Crippen LogP) is 4.44. The Bertz CT molecular complexity index is 867. The third kappa shape index (κ3) is 5.02. The molecule has 6 nitrogen and oxygen atoms in total. The van der Waals surface area contributed by atoms with E-state index in [4.69, 9.17) is 4.74 Å². The van der Waals surface area contributed by atoms with Gasteiger partial charge in [-0.2, -0.15) is 0 Å². The first-order valence-corrected chi connectivity index (χ1v) is 9.87. The summed E-state index contributed by atoms with van der Waals surface area (Å²) in [5.74, 6) is 2.51. The summed E-state index contributed by atoms with van der Waals surface area (Å²) in [4.78, 5) is 14.0. The minimum absolute atomic E-state index is 0.371. The van der Waals surface area contributed by atoms with E-state index in [1.165, 1.54) is 0 Å². The topological polar surface area (TPSA) is 72.0 Å². The Kier molecular flexibility index (Phi) is 6.73. The van der Waals surface area contributed by atoms with Crippen LogP contribution in [-0.4, -0.2) is 41.3 Å². The SMILES string of the molecule is C=Cc1nc(NC2CCC(OC)C2)c2ccsc2n1.CNc1ccccn1. The number of aromatic nitrogens is 3. The van der Waals surface area contributed by atoms with Crippen LogP contribution < -0.4 is 10.6 Å². The first-order valence-electron chi connectivity index (χ1n) is 8.99. The number of ether oxygens (including phenoxy) is 1. The van der Waals surface area contributed by atoms with E-state index in [0.29, 0.717) is 18.0 Å². The molecule has 1 aliphatic carbocycles. The summed E-state index contributed by atoms with van der Waals surface area (Å²) < 4.78 is 5.41. The zero-order valence-corrected chi connectivity index (χ0v) is 16.5. The molecule has 0 bridgehead atoms. The average molecular weight is 384 g/mol. The van der Waals surface area contributed by atoms with E-state index in [2.05, 4.69) is 38.2 Å². The van der Waals surface area contributed by atoms with Crippen molar-refractivity contribution in [2.75, 3.05) is 24.8 Å². The van der Waals surface area contributed by atoms with Gasteiger partial charge in [-0.05, 0) is 48.9 Å². The molecule has 1 fully saturated rings. The predicted molar refractivity (Wildman–Crippen MR) is 113 cm³/mol. The number of thiophene rings is 1. The molecule has 3 heterocycles. The lowest BCUT2D eigenvalue weighted by molar-refractivity contribution is 0.108. The monoisotopic (exact) mass is 383 g/mol. The number of nitrogens with zero attached hydrogens (tertiary/aromatic N) is 3. The minimum Gasteiger partial charge on any atom is -0.381 e. The highest BCUT2D eigenvalue weighted by Gasteiger charge is 2.25. The van der Waals surface area contributed by atoms with Crippen LogP contribution in [0, 0.1) is 0 Å². The van der Waals surface area contributed by atoms with Crippen LogP contribution in [0.1, 0.15) is 25.1 Å². The number of nitrogens with one attached hydrogen (secondary N) is 2. The van der Waals surface area contributed by atoms with Crippen molar-refractivity contribution in [1.29, 1.82) is 0 Å². The van der Waals surface area contributed by atoms with Crippen LogP contribution in [0.5, 0.6) is 0 Å². The van der Waals surface area contributed by atoms with Gasteiger partial charge in [-0.15, -0.1) is 11.3 Å². The van der Waals surface area contributed by atoms with Gasteiger partial charge >= 0.3 is 0 Å². The number of hydrogen-bond donors (Lipinski definition) is 2. The maximum Gasteiger partial charge on any atom is 0.155 e. The fourth-order valence-electron chi connectivity index (χ4n) is 3.06. The molecule has 0 amide bonds. The molecule has 1 aliphatic rings. The van der Waals surface area contributed by atoms with Crippen molar-refractivity contribution in [2.45, 2.75) is 31.4 Å². The van der Waals surface area contributed by atoms with E-state index in [9.17, 15) is 0 Å². The first-order chi connectivity index (χ1) is 13.2. The van der Waals surface area contributed by atoms with Gasteiger partial charge in [0.1, 0.15) is 16.5 Å². The van der Waals surface area contributed by atoms with Gasteiger partial charge in [-0.25, -0.2) is 15.0 Å². The van der Waals surface area contributed by atoms with Crippen LogP contribution in [0.15, 0.2) is 42.4 Å². The minimum atomic E-state index is 0.371. The zero-order chi connectivity index (χ0) is 19.1. The molecule has 0 spiro atoms. The van der Waals surface area contributed by atoms with Crippen molar-refractivity contribution in [3.63, 3.8) is 0 Å². The summed E-state index contributed by atoms with van der Waals surface area (Å²) in [6.07, 6.45) is 7.09. The summed E-state index contributed by atoms with van der Waals surface area (Å²) in [7, 11) is 3.63. The van der Waals surface area contributed by atoms with Crippen molar-refractivity contribution in [3.05, 3.63) is 48.2 Å². The molecule has 2 atom stereocenters. The zero-order valence-electron chi connectivity index (χ0n) is 15.7. The average Bonchev–Trinajstić information content (AvgIpc) is 3.38. The van der Waals surface area contributed by atoms with Crippen LogP contribution in [0.4, 0.5) is 11.6 Å². The Balaban J connectivity index is 0.000000221. The van der Waals surface area contributed by atoms with Gasteiger partial charge < -0.3 is 15.4 Å². The molecule has 142 valence electrons. The molecule has 3 aromatic rings. The number of pyridine rings is 1. The Morgan fingerprint density at radius 1 is 1.26 bits per heavy atom. The number of hydrogen-bond acceptors (Lipinski definition) is 7. The van der Waals surface area contributed by atoms with Crippen molar-refractivity contribution >= 4 is 39.3 Å². The second-order valence-corrected chi connectivity index (χ2v) is 7.15. The molecule has 0 aromatic carbocycles. The smallest absolute Gasteiger partial charge is 0.155 e. The summed E-state index contributed by atoms with van der Waals surface area (Å²) in [6, 6.07) is 8.25. The number of rotatable bonds is 5. The van der Waals surface area contributed by atoms with Gasteiger partial charge in [-0.3, -0.25) is 0 Å². The Hall–Kier alpha value is -2.51. The Morgan fingerprint density at radius 3 is 2.78 bits per heavy atom. The van der Waals surface area contributed by atoms with Gasteiger partial charge in [-0.1, -0.05) is 12.6 Å². The van der Waals surface area contributed by atoms with Gasteiger partial charge in [0.05, 0.1) is 11.5 Å². The normalized spacial score (nSPS) is 18.6. The number of methoxy groups -OCH3 is 1. The third-order valence-electron chi connectivity index (χ3n) is 4.50. The highest BCUT2D eigenvalue weighted by Crippen LogP contribution is 2.29. The molecule has 3 aromatic heterocycles. The van der Waals surface area contributed by atoms with E-state index < -0.39 is 0 Å². The highest BCUT2D eigenvalue weighted by molar-refractivity contribution is 7.16. The van der Waals surface area contributed by atoms with E-state index in [0.717, 1.165) is 41.1 Å². The molecule has 27 heavy (non-hydrogen) atoms. The van der Waals surface area contributed by atoms with Crippen LogP contribution in [0.25, 0.3) is 16.3 Å². The molecule has 1 saturated carbocycles. The largest absolute Gasteiger partial charge is 0.381 e. The Labute approximate surface area is 163 Å². The van der Waals surface area contributed by atoms with Gasteiger partial charge in [0.25, 0.3) is 0 Å². The molecular formula is C20H25N5OS. The summed E-state index contributed by atoms with van der Waals surface area (Å²) in [5.41, 5.74) is 0. The van der Waals surface area contributed by atoms with Gasteiger partial charge in [0.2, 0.25) is 0 Å². The molecule has 2 unspecified atom stereocenters. The molecule has 0 radical (unpaired) electrons. The second-order valence-electron chi connectivity index (χ2n) is 6.25. The van der Waals surface area contributed by atoms with Crippen molar-refractivity contribution in [2.24, 2.45) is 0 Å².